The molecule has 1 aliphatic carbocycles. The Hall–Kier alpha value is -2.38. The van der Waals surface area contributed by atoms with Gasteiger partial charge in [-0.3, -0.25) is 4.79 Å². The minimum Gasteiger partial charge on any atom is -0.342 e. The number of piperidine rings is 1. The van der Waals surface area contributed by atoms with Gasteiger partial charge in [0.25, 0.3) is 12.2 Å². The molecule has 1 fully saturated rings. The van der Waals surface area contributed by atoms with E-state index < -0.39 is 6.43 Å². The van der Waals surface area contributed by atoms with Crippen LogP contribution in [0.2, 0.25) is 0 Å². The van der Waals surface area contributed by atoms with Crippen molar-refractivity contribution in [2.45, 2.75) is 44.4 Å². The summed E-state index contributed by atoms with van der Waals surface area (Å²) < 4.78 is 27.8. The molecule has 1 aliphatic heterocycles. The first-order valence-corrected chi connectivity index (χ1v) is 9.05. The predicted molar refractivity (Wildman–Crippen MR) is 90.8 cm³/mol. The molecule has 0 unspecified atom stereocenters. The van der Waals surface area contributed by atoms with E-state index in [1.165, 1.54) is 12.4 Å². The van der Waals surface area contributed by atoms with Gasteiger partial charge in [0, 0.05) is 25.4 Å². The van der Waals surface area contributed by atoms with Crippen LogP contribution in [0.25, 0.3) is 5.78 Å². The van der Waals surface area contributed by atoms with Crippen molar-refractivity contribution in [1.82, 2.24) is 24.5 Å². The van der Waals surface area contributed by atoms with Crippen LogP contribution >= 0.6 is 0 Å². The van der Waals surface area contributed by atoms with Crippen LogP contribution in [0, 0.1) is 5.92 Å². The maximum Gasteiger partial charge on any atom is 0.280 e. The Kier molecular flexibility index (Phi) is 4.65. The molecule has 0 saturated carbocycles. The molecule has 0 radical (unpaired) electrons. The van der Waals surface area contributed by atoms with E-state index in [9.17, 15) is 13.6 Å². The summed E-state index contributed by atoms with van der Waals surface area (Å²) in [7, 11) is 0. The Labute approximate surface area is 149 Å². The molecule has 0 N–H and O–H groups in total. The van der Waals surface area contributed by atoms with Crippen molar-refractivity contribution in [2.24, 2.45) is 5.92 Å². The van der Waals surface area contributed by atoms with Crippen LogP contribution in [0.1, 0.15) is 55.8 Å². The average molecular weight is 361 g/mol. The number of allylic oxidation sites excluding steroid dienone is 2. The van der Waals surface area contributed by atoms with Crippen molar-refractivity contribution in [2.75, 3.05) is 13.1 Å². The van der Waals surface area contributed by atoms with Crippen LogP contribution < -0.4 is 0 Å². The molecule has 4 rings (SSSR count). The van der Waals surface area contributed by atoms with Gasteiger partial charge in [0.1, 0.15) is 12.0 Å². The van der Waals surface area contributed by atoms with Gasteiger partial charge in [-0.25, -0.2) is 13.8 Å². The third kappa shape index (κ3) is 3.32. The van der Waals surface area contributed by atoms with E-state index in [4.69, 9.17) is 0 Å². The van der Waals surface area contributed by atoms with Gasteiger partial charge in [-0.05, 0) is 37.7 Å². The maximum atomic E-state index is 13.4. The number of fused-ring (bicyclic) bond motifs is 1. The normalized spacial score (nSPS) is 23.3. The molecule has 2 aromatic rings. The number of halogens is 2. The lowest BCUT2D eigenvalue weighted by molar-refractivity contribution is -0.133. The molecule has 8 heteroatoms. The van der Waals surface area contributed by atoms with Crippen molar-refractivity contribution in [3.05, 3.63) is 35.9 Å². The first-order chi connectivity index (χ1) is 12.6. The number of hydrogen-bond donors (Lipinski definition) is 0. The smallest absolute Gasteiger partial charge is 0.280 e. The van der Waals surface area contributed by atoms with Gasteiger partial charge in [-0.2, -0.15) is 14.6 Å². The van der Waals surface area contributed by atoms with Crippen molar-refractivity contribution < 1.29 is 13.6 Å². The number of hydrogen-bond acceptors (Lipinski definition) is 4. The summed E-state index contributed by atoms with van der Waals surface area (Å²) in [6.07, 6.45) is 7.09. The number of likely N-dealkylation sites (tertiary alicyclic amines) is 1. The highest BCUT2D eigenvalue weighted by molar-refractivity contribution is 5.77. The SMILES string of the molecule is O=C(C[C@@H]1C=CCC1)N1CCC[C@H](c2cc(C(F)F)n3ncnc3n2)C1. The molecular weight excluding hydrogens is 340 g/mol. The Morgan fingerprint density at radius 3 is 3.00 bits per heavy atom. The van der Waals surface area contributed by atoms with Crippen molar-refractivity contribution in [1.29, 1.82) is 0 Å². The lowest BCUT2D eigenvalue weighted by Gasteiger charge is -2.33. The van der Waals surface area contributed by atoms with Gasteiger partial charge in [-0.1, -0.05) is 12.2 Å². The molecule has 138 valence electrons. The minimum atomic E-state index is -2.66. The van der Waals surface area contributed by atoms with Crippen LogP contribution in [0.5, 0.6) is 0 Å². The first-order valence-electron chi connectivity index (χ1n) is 9.05. The Morgan fingerprint density at radius 2 is 2.23 bits per heavy atom. The van der Waals surface area contributed by atoms with Gasteiger partial charge >= 0.3 is 0 Å². The lowest BCUT2D eigenvalue weighted by Crippen LogP contribution is -2.40. The molecule has 1 saturated heterocycles. The Morgan fingerprint density at radius 1 is 1.35 bits per heavy atom. The highest BCUT2D eigenvalue weighted by Gasteiger charge is 2.28. The summed E-state index contributed by atoms with van der Waals surface area (Å²) in [5.74, 6) is 0.603. The van der Waals surface area contributed by atoms with Gasteiger partial charge < -0.3 is 4.90 Å². The fourth-order valence-corrected chi connectivity index (χ4v) is 3.88. The molecule has 6 nitrogen and oxygen atoms in total. The highest BCUT2D eigenvalue weighted by Crippen LogP contribution is 2.30. The van der Waals surface area contributed by atoms with Gasteiger partial charge in [-0.15, -0.1) is 0 Å². The molecule has 26 heavy (non-hydrogen) atoms. The first kappa shape index (κ1) is 17.1. The fourth-order valence-electron chi connectivity index (χ4n) is 3.88. The summed E-state index contributed by atoms with van der Waals surface area (Å²) >= 11 is 0. The van der Waals surface area contributed by atoms with E-state index in [1.807, 2.05) is 4.90 Å². The van der Waals surface area contributed by atoms with Crippen LogP contribution in [-0.4, -0.2) is 43.5 Å². The van der Waals surface area contributed by atoms with Crippen molar-refractivity contribution in [3.8, 4) is 0 Å². The number of alkyl halides is 2. The summed E-state index contributed by atoms with van der Waals surface area (Å²) in [6, 6.07) is 1.41. The number of carbonyl (C=O) groups is 1. The van der Waals surface area contributed by atoms with Crippen LogP contribution in [0.3, 0.4) is 0 Å². The Bertz CT molecular complexity index is 834. The highest BCUT2D eigenvalue weighted by atomic mass is 19.3. The topological polar surface area (TPSA) is 63.4 Å². The monoisotopic (exact) mass is 361 g/mol. The number of rotatable bonds is 4. The van der Waals surface area contributed by atoms with Crippen LogP contribution in [0.4, 0.5) is 8.78 Å². The second-order valence-corrected chi connectivity index (χ2v) is 7.03. The number of amides is 1. The summed E-state index contributed by atoms with van der Waals surface area (Å²) in [5, 5.41) is 3.82. The summed E-state index contributed by atoms with van der Waals surface area (Å²) in [4.78, 5) is 22.8. The minimum absolute atomic E-state index is 0.0500. The van der Waals surface area contributed by atoms with Crippen molar-refractivity contribution in [3.63, 3.8) is 0 Å². The molecule has 0 aromatic carbocycles. The number of aromatic nitrogens is 4. The van der Waals surface area contributed by atoms with Crippen LogP contribution in [0.15, 0.2) is 24.5 Å². The molecule has 2 aliphatic rings. The predicted octanol–water partition coefficient (Wildman–Crippen LogP) is 3.12. The van der Waals surface area contributed by atoms with E-state index in [2.05, 4.69) is 27.2 Å². The third-order valence-corrected chi connectivity index (χ3v) is 5.26. The second-order valence-electron chi connectivity index (χ2n) is 7.03. The van der Waals surface area contributed by atoms with E-state index in [-0.39, 0.29) is 23.3 Å². The van der Waals surface area contributed by atoms with E-state index in [1.54, 1.807) is 0 Å². The zero-order valence-electron chi connectivity index (χ0n) is 14.4. The average Bonchev–Trinajstić information content (AvgIpc) is 3.32. The van der Waals surface area contributed by atoms with Crippen LogP contribution in [-0.2, 0) is 4.79 Å². The number of nitrogens with zero attached hydrogens (tertiary/aromatic N) is 5. The Balaban J connectivity index is 1.53. The molecule has 1 amide bonds. The molecule has 0 spiro atoms. The molecule has 2 aromatic heterocycles. The summed E-state index contributed by atoms with van der Waals surface area (Å²) in [5.41, 5.74) is 0.362. The standard InChI is InChI=1S/C18H21F2N5O/c19-17(20)15-9-14(23-18-21-11-22-25(15)18)13-6-3-7-24(10-13)16(26)8-12-4-1-2-5-12/h1,4,9,11-13,17H,2-3,5-8,10H2/t12-,13+/m1/s1. The van der Waals surface area contributed by atoms with E-state index in [0.29, 0.717) is 24.6 Å². The van der Waals surface area contributed by atoms with Crippen molar-refractivity contribution >= 4 is 11.7 Å². The van der Waals surface area contributed by atoms with E-state index >= 15 is 0 Å². The van der Waals surface area contributed by atoms with Gasteiger partial charge in [0.05, 0.1) is 5.69 Å². The van der Waals surface area contributed by atoms with Gasteiger partial charge in [0.2, 0.25) is 5.91 Å². The molecule has 2 atom stereocenters. The third-order valence-electron chi connectivity index (χ3n) is 5.26. The lowest BCUT2D eigenvalue weighted by atomic mass is 9.93. The molecule has 3 heterocycles. The fraction of sp³-hybridized carbons (Fsp3) is 0.556. The second kappa shape index (κ2) is 7.09. The largest absolute Gasteiger partial charge is 0.342 e. The summed E-state index contributed by atoms with van der Waals surface area (Å²) in [6.45, 7) is 1.25. The van der Waals surface area contributed by atoms with E-state index in [0.717, 1.165) is 36.7 Å². The molecule has 0 bridgehead atoms. The maximum absolute atomic E-state index is 13.4. The quantitative estimate of drug-likeness (QED) is 0.785. The zero-order valence-corrected chi connectivity index (χ0v) is 14.4. The molecular formula is C18H21F2N5O. The van der Waals surface area contributed by atoms with Gasteiger partial charge in [0.15, 0.2) is 0 Å². The number of carbonyl (C=O) groups excluding carboxylic acids is 1. The zero-order chi connectivity index (χ0) is 18.1.